The first-order chi connectivity index (χ1) is 23.2. The Morgan fingerprint density at radius 3 is 1.90 bits per heavy atom. The largest absolute Gasteiger partial charge is 0.460 e. The molecule has 0 aromatic rings. The Balaban J connectivity index is 1.84. The number of urea groups is 1. The normalized spacial score (nSPS) is 21.3. The van der Waals surface area contributed by atoms with Crippen molar-refractivity contribution in [3.63, 3.8) is 0 Å². The second-order valence-corrected chi connectivity index (χ2v) is 16.8. The van der Waals surface area contributed by atoms with Gasteiger partial charge in [-0.15, -0.1) is 6.58 Å². The molecule has 50 heavy (non-hydrogen) atoms. The minimum Gasteiger partial charge on any atom is -0.460 e. The van der Waals surface area contributed by atoms with Crippen LogP contribution in [0.2, 0.25) is 0 Å². The van der Waals surface area contributed by atoms with Crippen molar-refractivity contribution in [2.45, 2.75) is 131 Å². The zero-order valence-corrected chi connectivity index (χ0v) is 31.6. The molecule has 1 unspecified atom stereocenters. The number of carbonyl (C=O) groups excluding carboxylic acids is 6. The molecule has 3 aliphatic rings. The number of ether oxygens (including phenoxy) is 1. The summed E-state index contributed by atoms with van der Waals surface area (Å²) in [6.45, 7) is 24.8. The summed E-state index contributed by atoms with van der Waals surface area (Å²) in [6, 6.07) is -5.01. The maximum absolute atomic E-state index is 14.5. The average Bonchev–Trinajstić information content (AvgIpc) is 3.95. The van der Waals surface area contributed by atoms with Gasteiger partial charge in [0.15, 0.2) is 0 Å². The van der Waals surface area contributed by atoms with Gasteiger partial charge in [0, 0.05) is 19.0 Å². The third-order valence-electron chi connectivity index (χ3n) is 9.90. The highest BCUT2D eigenvalue weighted by Crippen LogP contribution is 2.46. The number of nitrogens with one attached hydrogen (secondary N) is 4. The van der Waals surface area contributed by atoms with Crippen molar-refractivity contribution >= 4 is 35.5 Å². The van der Waals surface area contributed by atoms with Gasteiger partial charge < -0.3 is 30.9 Å². The molecule has 0 bridgehead atoms. The first-order valence-electron chi connectivity index (χ1n) is 18.2. The third-order valence-corrected chi connectivity index (χ3v) is 9.90. The van der Waals surface area contributed by atoms with Gasteiger partial charge >= 0.3 is 12.0 Å². The van der Waals surface area contributed by atoms with E-state index in [0.29, 0.717) is 23.8 Å². The van der Waals surface area contributed by atoms with E-state index in [9.17, 15) is 28.8 Å². The van der Waals surface area contributed by atoms with Gasteiger partial charge in [-0.3, -0.25) is 19.2 Å². The number of Topliss-reactive ketones (excluding diaryl/α,β-unsaturated/α-hetero) is 1. The monoisotopic (exact) mass is 699 g/mol. The minimum atomic E-state index is -1.13. The molecule has 12 heteroatoms. The molecule has 3 fully saturated rings. The summed E-state index contributed by atoms with van der Waals surface area (Å²) in [5.74, 6) is -2.68. The van der Waals surface area contributed by atoms with Crippen LogP contribution in [0.5, 0.6) is 0 Å². The summed E-state index contributed by atoms with van der Waals surface area (Å²) in [6.07, 6.45) is 6.22. The summed E-state index contributed by atoms with van der Waals surface area (Å²) in [5, 5.41) is 10.8. The fraction of sp³-hybridized carbons (Fsp3) is 0.737. The molecule has 1 heterocycles. The highest BCUT2D eigenvalue weighted by Gasteiger charge is 2.49. The SMILES string of the molecule is C=CCNC(=O)C(=O)C(CCC)NC(=O)[C@@H]1C(=C)[C@@H](C(C)C)CN1C(=O)[C@@H](NC(=O)N[C@H](C(=O)OC(C1CC1)C1CC1)C(C)(C)C)C(C)(C)C. The Bertz CT molecular complexity index is 1310. The highest BCUT2D eigenvalue weighted by molar-refractivity contribution is 6.38. The number of ketones is 1. The molecule has 1 saturated heterocycles. The molecule has 2 aliphatic carbocycles. The first kappa shape index (κ1) is 40.7. The summed E-state index contributed by atoms with van der Waals surface area (Å²) in [7, 11) is 0. The van der Waals surface area contributed by atoms with E-state index in [4.69, 9.17) is 4.74 Å². The quantitative estimate of drug-likeness (QED) is 0.107. The van der Waals surface area contributed by atoms with Crippen LogP contribution in [0.25, 0.3) is 0 Å². The topological polar surface area (TPSA) is 163 Å². The lowest BCUT2D eigenvalue weighted by Gasteiger charge is -2.37. The van der Waals surface area contributed by atoms with Crippen LogP contribution in [0.4, 0.5) is 4.79 Å². The molecule has 0 spiro atoms. The second-order valence-electron chi connectivity index (χ2n) is 16.8. The van der Waals surface area contributed by atoms with Crippen LogP contribution in [0.3, 0.4) is 0 Å². The van der Waals surface area contributed by atoms with Crippen molar-refractivity contribution < 1.29 is 33.5 Å². The Morgan fingerprint density at radius 1 is 0.900 bits per heavy atom. The van der Waals surface area contributed by atoms with Gasteiger partial charge in [-0.2, -0.15) is 0 Å². The van der Waals surface area contributed by atoms with Crippen LogP contribution in [-0.4, -0.2) is 83.8 Å². The van der Waals surface area contributed by atoms with Crippen molar-refractivity contribution in [3.8, 4) is 0 Å². The van der Waals surface area contributed by atoms with Gasteiger partial charge in [0.2, 0.25) is 17.6 Å². The Morgan fingerprint density at radius 2 is 1.44 bits per heavy atom. The van der Waals surface area contributed by atoms with Crippen LogP contribution < -0.4 is 21.3 Å². The lowest BCUT2D eigenvalue weighted by Crippen LogP contribution is -2.62. The first-order valence-corrected chi connectivity index (χ1v) is 18.2. The van der Waals surface area contributed by atoms with E-state index in [2.05, 4.69) is 34.4 Å². The molecule has 2 saturated carbocycles. The maximum Gasteiger partial charge on any atom is 0.329 e. The predicted molar refractivity (Wildman–Crippen MR) is 192 cm³/mol. The average molecular weight is 700 g/mol. The van der Waals surface area contributed by atoms with E-state index in [-0.39, 0.29) is 37.5 Å². The number of esters is 1. The fourth-order valence-electron chi connectivity index (χ4n) is 6.60. The van der Waals surface area contributed by atoms with E-state index in [1.165, 1.54) is 11.0 Å². The summed E-state index contributed by atoms with van der Waals surface area (Å²) in [5.41, 5.74) is -0.974. The van der Waals surface area contributed by atoms with Crippen LogP contribution in [0.1, 0.15) is 101 Å². The van der Waals surface area contributed by atoms with Crippen LogP contribution in [0.15, 0.2) is 24.8 Å². The number of rotatable bonds is 16. The zero-order valence-electron chi connectivity index (χ0n) is 31.6. The Hall–Kier alpha value is -3.70. The summed E-state index contributed by atoms with van der Waals surface area (Å²) in [4.78, 5) is 82.5. The van der Waals surface area contributed by atoms with Gasteiger partial charge in [0.05, 0.1) is 6.04 Å². The van der Waals surface area contributed by atoms with E-state index in [0.717, 1.165) is 25.7 Å². The van der Waals surface area contributed by atoms with Gasteiger partial charge in [-0.05, 0) is 66.3 Å². The van der Waals surface area contributed by atoms with Crippen LogP contribution in [-0.2, 0) is 28.7 Å². The number of hydrogen-bond donors (Lipinski definition) is 4. The van der Waals surface area contributed by atoms with Gasteiger partial charge in [0.1, 0.15) is 24.2 Å². The van der Waals surface area contributed by atoms with E-state index in [1.54, 1.807) is 20.8 Å². The molecular weight excluding hydrogens is 638 g/mol. The molecule has 4 N–H and O–H groups in total. The van der Waals surface area contributed by atoms with E-state index >= 15 is 0 Å². The lowest BCUT2D eigenvalue weighted by molar-refractivity contribution is -0.156. The molecule has 5 atom stereocenters. The predicted octanol–water partition coefficient (Wildman–Crippen LogP) is 4.04. The van der Waals surface area contributed by atoms with Crippen molar-refractivity contribution in [1.82, 2.24) is 26.2 Å². The van der Waals surface area contributed by atoms with Crippen LogP contribution in [0, 0.1) is 34.5 Å². The molecule has 280 valence electrons. The van der Waals surface area contributed by atoms with Crippen LogP contribution >= 0.6 is 0 Å². The van der Waals surface area contributed by atoms with E-state index < -0.39 is 70.5 Å². The molecule has 1 aliphatic heterocycles. The fourth-order valence-corrected chi connectivity index (χ4v) is 6.60. The van der Waals surface area contributed by atoms with Crippen molar-refractivity contribution in [1.29, 1.82) is 0 Å². The summed E-state index contributed by atoms with van der Waals surface area (Å²) < 4.78 is 6.01. The van der Waals surface area contributed by atoms with Crippen molar-refractivity contribution in [3.05, 3.63) is 24.8 Å². The van der Waals surface area contributed by atoms with Gasteiger partial charge in [-0.1, -0.05) is 81.4 Å². The number of hydrogen-bond acceptors (Lipinski definition) is 7. The number of carbonyl (C=O) groups is 6. The number of nitrogens with zero attached hydrogens (tertiary/aromatic N) is 1. The maximum atomic E-state index is 14.5. The molecule has 0 aromatic carbocycles. The highest BCUT2D eigenvalue weighted by atomic mass is 16.5. The number of amides is 5. The second kappa shape index (κ2) is 16.5. The molecule has 0 aromatic heterocycles. The van der Waals surface area contributed by atoms with E-state index in [1.807, 2.05) is 41.5 Å². The minimum absolute atomic E-state index is 0.0337. The molecule has 12 nitrogen and oxygen atoms in total. The third kappa shape index (κ3) is 10.4. The summed E-state index contributed by atoms with van der Waals surface area (Å²) >= 11 is 0. The Kier molecular flexibility index (Phi) is 13.5. The zero-order chi connectivity index (χ0) is 37.7. The van der Waals surface area contributed by atoms with Gasteiger partial charge in [0.25, 0.3) is 5.91 Å². The lowest BCUT2D eigenvalue weighted by atomic mass is 9.85. The smallest absolute Gasteiger partial charge is 0.329 e. The standard InChI is InChI=1S/C38H61N5O7/c1-12-14-26(28(44)33(46)39-19-13-2)40-32(45)27-22(5)25(21(3)4)20-43(27)34(47)30(37(6,7)8)41-36(49)42-31(38(9,10)11)35(48)50-29(23-15-16-23)24-17-18-24/h13,21,23-27,29-31H,2,5,12,14-20H2,1,3-4,6-11H3,(H,39,46)(H,40,45)(H2,41,42,49)/t25-,26?,27+,30-,31-/m1/s1. The van der Waals surface area contributed by atoms with Gasteiger partial charge in [-0.25, -0.2) is 9.59 Å². The Labute approximate surface area is 298 Å². The molecule has 0 radical (unpaired) electrons. The molecular formula is C38H61N5O7. The van der Waals surface area contributed by atoms with Crippen molar-refractivity contribution in [2.75, 3.05) is 13.1 Å². The van der Waals surface area contributed by atoms with Crippen molar-refractivity contribution in [2.24, 2.45) is 34.5 Å². The molecule has 5 amide bonds. The number of likely N-dealkylation sites (tertiary alicyclic amines) is 1. The molecule has 3 rings (SSSR count).